The highest BCUT2D eigenvalue weighted by atomic mass is 32.1. The zero-order chi connectivity index (χ0) is 19.0. The van der Waals surface area contributed by atoms with E-state index in [0.717, 1.165) is 38.6 Å². The molecule has 0 saturated heterocycles. The fraction of sp³-hybridized carbons (Fsp3) is 0.182. The Kier molecular flexibility index (Phi) is 4.54. The van der Waals surface area contributed by atoms with Gasteiger partial charge in [0.1, 0.15) is 22.7 Å². The van der Waals surface area contributed by atoms with Crippen LogP contribution in [0, 0.1) is 20.8 Å². The van der Waals surface area contributed by atoms with Crippen LogP contribution >= 0.6 is 11.3 Å². The molecule has 27 heavy (non-hydrogen) atoms. The van der Waals surface area contributed by atoms with Crippen LogP contribution in [0.3, 0.4) is 0 Å². The van der Waals surface area contributed by atoms with Crippen molar-refractivity contribution in [3.05, 3.63) is 64.8 Å². The lowest BCUT2D eigenvalue weighted by Crippen LogP contribution is -1.99. The molecular formula is C22H21N3OS. The lowest BCUT2D eigenvalue weighted by molar-refractivity contribution is 0.416. The predicted octanol–water partition coefficient (Wildman–Crippen LogP) is 6.04. The third kappa shape index (κ3) is 3.26. The Hall–Kier alpha value is -2.92. The van der Waals surface area contributed by atoms with Crippen molar-refractivity contribution in [1.29, 1.82) is 0 Å². The van der Waals surface area contributed by atoms with E-state index in [0.29, 0.717) is 0 Å². The molecule has 0 bridgehead atoms. The van der Waals surface area contributed by atoms with Gasteiger partial charge in [-0.05, 0) is 49.6 Å². The molecule has 0 fully saturated rings. The quantitative estimate of drug-likeness (QED) is 0.473. The summed E-state index contributed by atoms with van der Waals surface area (Å²) < 4.78 is 5.51. The van der Waals surface area contributed by atoms with E-state index in [1.165, 1.54) is 16.7 Å². The summed E-state index contributed by atoms with van der Waals surface area (Å²) in [6.07, 6.45) is 1.61. The van der Waals surface area contributed by atoms with Crippen molar-refractivity contribution in [2.24, 2.45) is 0 Å². The Morgan fingerprint density at radius 2 is 1.70 bits per heavy atom. The Balaban J connectivity index is 1.88. The molecule has 0 saturated carbocycles. The summed E-state index contributed by atoms with van der Waals surface area (Å²) >= 11 is 1.64. The van der Waals surface area contributed by atoms with E-state index in [-0.39, 0.29) is 0 Å². The Bertz CT molecular complexity index is 1130. The average molecular weight is 375 g/mol. The van der Waals surface area contributed by atoms with Crippen molar-refractivity contribution in [2.75, 3.05) is 12.4 Å². The van der Waals surface area contributed by atoms with Crippen molar-refractivity contribution >= 4 is 33.1 Å². The van der Waals surface area contributed by atoms with Crippen molar-refractivity contribution in [1.82, 2.24) is 9.97 Å². The number of anilines is 2. The molecule has 0 aliphatic rings. The number of hydrogen-bond donors (Lipinski definition) is 1. The summed E-state index contributed by atoms with van der Waals surface area (Å²) in [6, 6.07) is 12.6. The Morgan fingerprint density at radius 3 is 2.48 bits per heavy atom. The fourth-order valence-electron chi connectivity index (χ4n) is 3.33. The maximum Gasteiger partial charge on any atom is 0.143 e. The maximum absolute atomic E-state index is 5.51. The van der Waals surface area contributed by atoms with Gasteiger partial charge in [-0.15, -0.1) is 11.3 Å². The highest BCUT2D eigenvalue weighted by Gasteiger charge is 2.16. The number of fused-ring (bicyclic) bond motifs is 1. The number of methoxy groups -OCH3 is 1. The first-order valence-corrected chi connectivity index (χ1v) is 9.66. The molecule has 0 atom stereocenters. The molecule has 2 aromatic carbocycles. The van der Waals surface area contributed by atoms with Crippen molar-refractivity contribution < 1.29 is 4.74 Å². The van der Waals surface area contributed by atoms with Crippen LogP contribution in [0.5, 0.6) is 5.75 Å². The van der Waals surface area contributed by atoms with Gasteiger partial charge in [-0.25, -0.2) is 9.97 Å². The minimum absolute atomic E-state index is 0.788. The summed E-state index contributed by atoms with van der Waals surface area (Å²) in [7, 11) is 1.68. The molecule has 1 N–H and O–H groups in total. The molecule has 5 heteroatoms. The van der Waals surface area contributed by atoms with E-state index in [1.807, 2.05) is 12.1 Å². The lowest BCUT2D eigenvalue weighted by Gasteiger charge is -2.13. The second-order valence-electron chi connectivity index (χ2n) is 6.70. The first-order chi connectivity index (χ1) is 13.1. The summed E-state index contributed by atoms with van der Waals surface area (Å²) in [5.41, 5.74) is 6.93. The SMILES string of the molecule is COc1ccc(C)cc1Nc1ncnc2scc(-c3ccc(C)cc3C)c12. The standard InChI is InChI=1S/C22H21N3OS/c1-13-5-7-16(15(3)9-13)17-11-27-22-20(17)21(23-12-24-22)25-18-10-14(2)6-8-19(18)26-4/h5-12H,1-4H3,(H,23,24,25). The summed E-state index contributed by atoms with van der Waals surface area (Å²) in [4.78, 5) is 9.98. The van der Waals surface area contributed by atoms with E-state index < -0.39 is 0 Å². The van der Waals surface area contributed by atoms with Crippen LogP contribution in [0.15, 0.2) is 48.1 Å². The number of ether oxygens (including phenoxy) is 1. The summed E-state index contributed by atoms with van der Waals surface area (Å²) in [5, 5.41) is 6.67. The molecule has 2 aromatic heterocycles. The Labute approximate surface area is 162 Å². The van der Waals surface area contributed by atoms with Gasteiger partial charge in [0.15, 0.2) is 0 Å². The lowest BCUT2D eigenvalue weighted by atomic mass is 9.99. The maximum atomic E-state index is 5.51. The molecule has 4 nitrogen and oxygen atoms in total. The van der Waals surface area contributed by atoms with Gasteiger partial charge in [0.25, 0.3) is 0 Å². The second kappa shape index (κ2) is 7.00. The average Bonchev–Trinajstić information content (AvgIpc) is 3.07. The van der Waals surface area contributed by atoms with E-state index in [1.54, 1.807) is 24.8 Å². The predicted molar refractivity (Wildman–Crippen MR) is 113 cm³/mol. The number of benzene rings is 2. The highest BCUT2D eigenvalue weighted by molar-refractivity contribution is 7.17. The number of aryl methyl sites for hydroxylation is 3. The molecule has 0 unspecified atom stereocenters. The van der Waals surface area contributed by atoms with Crippen molar-refractivity contribution in [3.63, 3.8) is 0 Å². The normalized spacial score (nSPS) is 11.0. The fourth-order valence-corrected chi connectivity index (χ4v) is 4.24. The second-order valence-corrected chi connectivity index (χ2v) is 7.56. The van der Waals surface area contributed by atoms with Crippen molar-refractivity contribution in [2.45, 2.75) is 20.8 Å². The highest BCUT2D eigenvalue weighted by Crippen LogP contribution is 2.39. The zero-order valence-electron chi connectivity index (χ0n) is 15.8. The number of rotatable bonds is 4. The molecule has 0 amide bonds. The third-order valence-electron chi connectivity index (χ3n) is 4.65. The van der Waals surface area contributed by atoms with Gasteiger partial charge in [0.2, 0.25) is 0 Å². The van der Waals surface area contributed by atoms with E-state index in [9.17, 15) is 0 Å². The van der Waals surface area contributed by atoms with Crippen LogP contribution in [0.2, 0.25) is 0 Å². The monoisotopic (exact) mass is 375 g/mol. The molecule has 0 aliphatic heterocycles. The molecule has 4 rings (SSSR count). The first kappa shape index (κ1) is 17.5. The first-order valence-electron chi connectivity index (χ1n) is 8.78. The van der Waals surface area contributed by atoms with Gasteiger partial charge in [0, 0.05) is 10.9 Å². The number of aromatic nitrogens is 2. The molecule has 2 heterocycles. The van der Waals surface area contributed by atoms with Gasteiger partial charge in [0.05, 0.1) is 18.2 Å². The van der Waals surface area contributed by atoms with E-state index in [2.05, 4.69) is 65.7 Å². The summed E-state index contributed by atoms with van der Waals surface area (Å²) in [5.74, 6) is 1.58. The van der Waals surface area contributed by atoms with Crippen LogP contribution in [0.1, 0.15) is 16.7 Å². The Morgan fingerprint density at radius 1 is 0.926 bits per heavy atom. The van der Waals surface area contributed by atoms with E-state index >= 15 is 0 Å². The largest absolute Gasteiger partial charge is 0.495 e. The van der Waals surface area contributed by atoms with Gasteiger partial charge in [-0.3, -0.25) is 0 Å². The van der Waals surface area contributed by atoms with Crippen LogP contribution in [-0.2, 0) is 0 Å². The zero-order valence-corrected chi connectivity index (χ0v) is 16.6. The van der Waals surface area contributed by atoms with Crippen LogP contribution < -0.4 is 10.1 Å². The minimum atomic E-state index is 0.788. The van der Waals surface area contributed by atoms with Gasteiger partial charge in [-0.2, -0.15) is 0 Å². The van der Waals surface area contributed by atoms with Crippen LogP contribution in [0.25, 0.3) is 21.3 Å². The van der Waals surface area contributed by atoms with Gasteiger partial charge >= 0.3 is 0 Å². The van der Waals surface area contributed by atoms with Crippen LogP contribution in [-0.4, -0.2) is 17.1 Å². The number of nitrogens with one attached hydrogen (secondary N) is 1. The molecule has 4 aromatic rings. The van der Waals surface area contributed by atoms with E-state index in [4.69, 9.17) is 4.74 Å². The molecule has 136 valence electrons. The summed E-state index contributed by atoms with van der Waals surface area (Å²) in [6.45, 7) is 6.32. The van der Waals surface area contributed by atoms with Gasteiger partial charge < -0.3 is 10.1 Å². The minimum Gasteiger partial charge on any atom is -0.495 e. The topological polar surface area (TPSA) is 47.0 Å². The molecular weight excluding hydrogens is 354 g/mol. The number of thiophene rings is 1. The number of nitrogens with zero attached hydrogens (tertiary/aromatic N) is 2. The molecule has 0 spiro atoms. The number of hydrogen-bond acceptors (Lipinski definition) is 5. The van der Waals surface area contributed by atoms with Gasteiger partial charge in [-0.1, -0.05) is 29.8 Å². The van der Waals surface area contributed by atoms with Crippen molar-refractivity contribution in [3.8, 4) is 16.9 Å². The molecule has 0 aliphatic carbocycles. The van der Waals surface area contributed by atoms with Crippen LogP contribution in [0.4, 0.5) is 11.5 Å². The third-order valence-corrected chi connectivity index (χ3v) is 5.54. The smallest absolute Gasteiger partial charge is 0.143 e. The molecule has 0 radical (unpaired) electrons.